The van der Waals surface area contributed by atoms with E-state index in [9.17, 15) is 4.39 Å². The van der Waals surface area contributed by atoms with Gasteiger partial charge in [0.1, 0.15) is 6.17 Å². The largest absolute Gasteiger partial charge is 0.330 e. The van der Waals surface area contributed by atoms with Crippen LogP contribution in [0.1, 0.15) is 65.2 Å². The van der Waals surface area contributed by atoms with Gasteiger partial charge in [0.15, 0.2) is 0 Å². The predicted octanol–water partition coefficient (Wildman–Crippen LogP) is 3.90. The molecule has 2 rings (SSSR count). The van der Waals surface area contributed by atoms with E-state index in [4.69, 9.17) is 5.73 Å². The Balaban J connectivity index is 1.76. The molecule has 3 heteroatoms. The number of nitrogens with two attached hydrogens (primary N) is 1. The summed E-state index contributed by atoms with van der Waals surface area (Å²) in [5.74, 6) is 1.43. The summed E-state index contributed by atoms with van der Waals surface area (Å²) in [4.78, 5) is 0. The average molecular weight is 298 g/mol. The van der Waals surface area contributed by atoms with Crippen molar-refractivity contribution in [1.82, 2.24) is 5.32 Å². The van der Waals surface area contributed by atoms with Gasteiger partial charge in [0.05, 0.1) is 0 Å². The third-order valence-corrected chi connectivity index (χ3v) is 5.84. The molecule has 2 aliphatic rings. The second-order valence-electron chi connectivity index (χ2n) is 7.96. The van der Waals surface area contributed by atoms with Gasteiger partial charge < -0.3 is 11.1 Å². The second kappa shape index (κ2) is 7.92. The van der Waals surface area contributed by atoms with Gasteiger partial charge in [-0.1, -0.05) is 26.7 Å². The van der Waals surface area contributed by atoms with E-state index in [0.717, 1.165) is 57.7 Å². The summed E-state index contributed by atoms with van der Waals surface area (Å²) < 4.78 is 14.6. The van der Waals surface area contributed by atoms with Crippen molar-refractivity contribution in [3.05, 3.63) is 0 Å². The molecule has 0 saturated heterocycles. The van der Waals surface area contributed by atoms with Gasteiger partial charge in [-0.05, 0) is 74.8 Å². The van der Waals surface area contributed by atoms with Crippen LogP contribution in [0.3, 0.4) is 0 Å². The summed E-state index contributed by atoms with van der Waals surface area (Å²) in [5, 5.41) is 3.62. The molecule has 2 fully saturated rings. The van der Waals surface area contributed by atoms with Gasteiger partial charge in [0.2, 0.25) is 0 Å². The minimum atomic E-state index is -0.546. The van der Waals surface area contributed by atoms with Gasteiger partial charge >= 0.3 is 0 Å². The molecule has 21 heavy (non-hydrogen) atoms. The summed E-state index contributed by atoms with van der Waals surface area (Å²) in [6.07, 6.45) is 8.68. The van der Waals surface area contributed by atoms with Gasteiger partial charge in [-0.3, -0.25) is 0 Å². The van der Waals surface area contributed by atoms with Crippen molar-refractivity contribution >= 4 is 0 Å². The lowest BCUT2D eigenvalue weighted by Crippen LogP contribution is -2.46. The first kappa shape index (κ1) is 17.2. The monoisotopic (exact) mass is 298 g/mol. The quantitative estimate of drug-likeness (QED) is 0.667. The zero-order valence-electron chi connectivity index (χ0n) is 14.0. The van der Waals surface area contributed by atoms with Gasteiger partial charge in [-0.2, -0.15) is 0 Å². The Bertz CT molecular complexity index is 310. The van der Waals surface area contributed by atoms with Crippen LogP contribution in [0.5, 0.6) is 0 Å². The molecular formula is C18H35FN2. The Kier molecular flexibility index (Phi) is 6.49. The topological polar surface area (TPSA) is 38.0 Å². The molecule has 0 aromatic heterocycles. The van der Waals surface area contributed by atoms with E-state index in [0.29, 0.717) is 17.3 Å². The number of fused-ring (bicyclic) bond motifs is 2. The fraction of sp³-hybridized carbons (Fsp3) is 1.00. The molecule has 0 amide bonds. The summed E-state index contributed by atoms with van der Waals surface area (Å²) in [6.45, 7) is 7.48. The maximum atomic E-state index is 14.6. The van der Waals surface area contributed by atoms with Crippen LogP contribution in [0, 0.1) is 23.2 Å². The Morgan fingerprint density at radius 1 is 1.19 bits per heavy atom. The van der Waals surface area contributed by atoms with Crippen LogP contribution in [-0.4, -0.2) is 25.8 Å². The molecule has 2 saturated carbocycles. The van der Waals surface area contributed by atoms with Crippen molar-refractivity contribution in [2.24, 2.45) is 28.9 Å². The number of hydrogen-bond acceptors (Lipinski definition) is 2. The van der Waals surface area contributed by atoms with Gasteiger partial charge in [0, 0.05) is 6.54 Å². The first-order chi connectivity index (χ1) is 10.1. The summed E-state index contributed by atoms with van der Waals surface area (Å²) in [7, 11) is 0. The molecule has 0 radical (unpaired) electrons. The predicted molar refractivity (Wildman–Crippen MR) is 88.0 cm³/mol. The Morgan fingerprint density at radius 2 is 2.00 bits per heavy atom. The molecule has 2 bridgehead atoms. The van der Waals surface area contributed by atoms with E-state index in [-0.39, 0.29) is 0 Å². The Hall–Kier alpha value is -0.150. The SMILES string of the molecule is CCC1CC2CC(CC(C)(CNCCCCCN)C2)C1F. The molecule has 5 unspecified atom stereocenters. The second-order valence-corrected chi connectivity index (χ2v) is 7.96. The van der Waals surface area contributed by atoms with Crippen LogP contribution in [-0.2, 0) is 0 Å². The molecule has 2 nitrogen and oxygen atoms in total. The summed E-state index contributed by atoms with van der Waals surface area (Å²) in [5.41, 5.74) is 5.82. The Morgan fingerprint density at radius 3 is 2.71 bits per heavy atom. The van der Waals surface area contributed by atoms with Gasteiger partial charge in [-0.15, -0.1) is 0 Å². The van der Waals surface area contributed by atoms with Crippen molar-refractivity contribution in [1.29, 1.82) is 0 Å². The van der Waals surface area contributed by atoms with Crippen LogP contribution in [0.25, 0.3) is 0 Å². The van der Waals surface area contributed by atoms with Crippen molar-refractivity contribution in [2.75, 3.05) is 19.6 Å². The number of rotatable bonds is 8. The van der Waals surface area contributed by atoms with Gasteiger partial charge in [-0.25, -0.2) is 4.39 Å². The normalized spacial score (nSPS) is 39.4. The number of hydrogen-bond donors (Lipinski definition) is 2. The van der Waals surface area contributed by atoms with Crippen LogP contribution in [0.4, 0.5) is 4.39 Å². The van der Waals surface area contributed by atoms with E-state index in [1.54, 1.807) is 0 Å². The number of alkyl halides is 1. The lowest BCUT2D eigenvalue weighted by molar-refractivity contribution is -0.0222. The van der Waals surface area contributed by atoms with Crippen molar-refractivity contribution < 1.29 is 4.39 Å². The molecular weight excluding hydrogens is 263 g/mol. The highest BCUT2D eigenvalue weighted by molar-refractivity contribution is 4.97. The molecule has 0 heterocycles. The van der Waals surface area contributed by atoms with Crippen molar-refractivity contribution in [3.8, 4) is 0 Å². The minimum absolute atomic E-state index is 0.310. The molecule has 0 aliphatic heterocycles. The molecule has 0 aromatic rings. The van der Waals surface area contributed by atoms with E-state index >= 15 is 0 Å². The van der Waals surface area contributed by atoms with Crippen molar-refractivity contribution in [2.45, 2.75) is 71.4 Å². The average Bonchev–Trinajstić information content (AvgIpc) is 2.46. The molecule has 124 valence electrons. The fourth-order valence-electron chi connectivity index (χ4n) is 4.87. The van der Waals surface area contributed by atoms with Crippen molar-refractivity contribution in [3.63, 3.8) is 0 Å². The molecule has 0 spiro atoms. The van der Waals surface area contributed by atoms with Gasteiger partial charge in [0.25, 0.3) is 0 Å². The molecule has 2 aliphatic carbocycles. The van der Waals surface area contributed by atoms with Crippen LogP contribution < -0.4 is 11.1 Å². The molecule has 5 atom stereocenters. The highest BCUT2D eigenvalue weighted by atomic mass is 19.1. The maximum Gasteiger partial charge on any atom is 0.106 e. The zero-order valence-corrected chi connectivity index (χ0v) is 14.0. The first-order valence-electron chi connectivity index (χ1n) is 9.13. The van der Waals surface area contributed by atoms with E-state index in [2.05, 4.69) is 19.2 Å². The van der Waals surface area contributed by atoms with E-state index < -0.39 is 6.17 Å². The number of nitrogens with one attached hydrogen (secondary N) is 1. The molecule has 0 aromatic carbocycles. The van der Waals surface area contributed by atoms with E-state index in [1.165, 1.54) is 19.3 Å². The molecule has 3 N–H and O–H groups in total. The van der Waals surface area contributed by atoms with Crippen LogP contribution in [0.15, 0.2) is 0 Å². The Labute approximate surface area is 130 Å². The zero-order chi connectivity index (χ0) is 15.3. The number of unbranched alkanes of at least 4 members (excludes halogenated alkanes) is 2. The standard InChI is InChI=1S/C18H35FN2/c1-3-15-9-14-10-16(17(15)19)12-18(2,11-14)13-21-8-6-4-5-7-20/h14-17,21H,3-13,20H2,1-2H3. The van der Waals surface area contributed by atoms with E-state index in [1.807, 2.05) is 0 Å². The highest BCUT2D eigenvalue weighted by Crippen LogP contribution is 2.51. The van der Waals surface area contributed by atoms with Crippen LogP contribution >= 0.6 is 0 Å². The lowest BCUT2D eigenvalue weighted by atomic mass is 9.58. The third-order valence-electron chi connectivity index (χ3n) is 5.84. The summed E-state index contributed by atoms with van der Waals surface area (Å²) >= 11 is 0. The highest BCUT2D eigenvalue weighted by Gasteiger charge is 2.46. The summed E-state index contributed by atoms with van der Waals surface area (Å²) in [6, 6.07) is 0. The lowest BCUT2D eigenvalue weighted by Gasteiger charge is -2.49. The third kappa shape index (κ3) is 4.66. The number of halogens is 1. The van der Waals surface area contributed by atoms with Crippen LogP contribution in [0.2, 0.25) is 0 Å². The smallest absolute Gasteiger partial charge is 0.106 e. The fourth-order valence-corrected chi connectivity index (χ4v) is 4.87. The first-order valence-corrected chi connectivity index (χ1v) is 9.13. The maximum absolute atomic E-state index is 14.6. The minimum Gasteiger partial charge on any atom is -0.330 e.